The standard InChI is InChI=1S/C11H11ClN2O5/c12-7-1-3-8(4-2-7)13-11(19)14(5-9(15)16)6-10(17)18/h1-4H,5-6H2,(H,13,19)(H,15,16)(H,17,18). The molecular weight excluding hydrogens is 276 g/mol. The third kappa shape index (κ3) is 5.26. The van der Waals surface area contributed by atoms with Crippen molar-refractivity contribution < 1.29 is 24.6 Å². The average Bonchev–Trinajstić information content (AvgIpc) is 2.30. The van der Waals surface area contributed by atoms with Crippen molar-refractivity contribution in [2.24, 2.45) is 0 Å². The summed E-state index contributed by atoms with van der Waals surface area (Å²) in [5, 5.41) is 20.1. The van der Waals surface area contributed by atoms with Crippen LogP contribution in [0.4, 0.5) is 10.5 Å². The van der Waals surface area contributed by atoms with E-state index in [1.54, 1.807) is 0 Å². The lowest BCUT2D eigenvalue weighted by Crippen LogP contribution is -2.41. The van der Waals surface area contributed by atoms with Crippen molar-refractivity contribution in [2.45, 2.75) is 0 Å². The van der Waals surface area contributed by atoms with Gasteiger partial charge in [0.2, 0.25) is 0 Å². The molecule has 0 bridgehead atoms. The summed E-state index contributed by atoms with van der Waals surface area (Å²) >= 11 is 5.67. The maximum absolute atomic E-state index is 11.7. The molecule has 8 heteroatoms. The number of urea groups is 1. The fourth-order valence-corrected chi connectivity index (χ4v) is 1.39. The maximum atomic E-state index is 11.7. The van der Waals surface area contributed by atoms with Crippen molar-refractivity contribution in [2.75, 3.05) is 18.4 Å². The SMILES string of the molecule is O=C(O)CN(CC(=O)O)C(=O)Nc1ccc(Cl)cc1. The summed E-state index contributed by atoms with van der Waals surface area (Å²) in [4.78, 5) is 33.5. The van der Waals surface area contributed by atoms with Crippen molar-refractivity contribution in [3.63, 3.8) is 0 Å². The van der Waals surface area contributed by atoms with Crippen LogP contribution in [-0.4, -0.2) is 46.2 Å². The number of carboxylic acid groups (broad SMARTS) is 2. The molecule has 0 spiro atoms. The summed E-state index contributed by atoms with van der Waals surface area (Å²) in [5.41, 5.74) is 0.384. The van der Waals surface area contributed by atoms with Crippen LogP contribution in [-0.2, 0) is 9.59 Å². The van der Waals surface area contributed by atoms with Crippen molar-refractivity contribution in [1.82, 2.24) is 4.90 Å². The minimum Gasteiger partial charge on any atom is -0.480 e. The van der Waals surface area contributed by atoms with Crippen LogP contribution in [0, 0.1) is 0 Å². The fourth-order valence-electron chi connectivity index (χ4n) is 1.26. The van der Waals surface area contributed by atoms with Crippen molar-refractivity contribution in [1.29, 1.82) is 0 Å². The molecule has 7 nitrogen and oxygen atoms in total. The largest absolute Gasteiger partial charge is 0.480 e. The fraction of sp³-hybridized carbons (Fsp3) is 0.182. The molecule has 0 saturated heterocycles. The van der Waals surface area contributed by atoms with Crippen LogP contribution < -0.4 is 5.32 Å². The minimum atomic E-state index is -1.30. The highest BCUT2D eigenvalue weighted by Gasteiger charge is 2.19. The zero-order valence-electron chi connectivity index (χ0n) is 9.67. The number of carbonyl (C=O) groups excluding carboxylic acids is 1. The molecule has 2 amide bonds. The van der Waals surface area contributed by atoms with E-state index in [9.17, 15) is 14.4 Å². The first-order valence-corrected chi connectivity index (χ1v) is 5.51. The van der Waals surface area contributed by atoms with Gasteiger partial charge in [-0.25, -0.2) is 4.79 Å². The van der Waals surface area contributed by atoms with Gasteiger partial charge >= 0.3 is 18.0 Å². The summed E-state index contributed by atoms with van der Waals surface area (Å²) in [6.07, 6.45) is 0. The Morgan fingerprint density at radius 2 is 1.53 bits per heavy atom. The van der Waals surface area contributed by atoms with E-state index in [0.717, 1.165) is 0 Å². The van der Waals surface area contributed by atoms with Crippen LogP contribution in [0.25, 0.3) is 0 Å². The molecule has 1 aromatic carbocycles. The normalized spacial score (nSPS) is 9.74. The van der Waals surface area contributed by atoms with E-state index >= 15 is 0 Å². The molecule has 3 N–H and O–H groups in total. The monoisotopic (exact) mass is 286 g/mol. The molecule has 0 unspecified atom stereocenters. The molecule has 0 radical (unpaired) electrons. The highest BCUT2D eigenvalue weighted by Crippen LogP contribution is 2.13. The third-order valence-corrected chi connectivity index (χ3v) is 2.29. The lowest BCUT2D eigenvalue weighted by molar-refractivity contribution is -0.140. The number of nitrogens with zero attached hydrogens (tertiary/aromatic N) is 1. The van der Waals surface area contributed by atoms with E-state index in [-0.39, 0.29) is 0 Å². The van der Waals surface area contributed by atoms with Gasteiger partial charge in [-0.3, -0.25) is 9.59 Å². The highest BCUT2D eigenvalue weighted by atomic mass is 35.5. The number of hydrogen-bond acceptors (Lipinski definition) is 3. The number of anilines is 1. The van der Waals surface area contributed by atoms with Crippen LogP contribution in [0.15, 0.2) is 24.3 Å². The highest BCUT2D eigenvalue weighted by molar-refractivity contribution is 6.30. The average molecular weight is 287 g/mol. The lowest BCUT2D eigenvalue weighted by atomic mass is 10.3. The first kappa shape index (κ1) is 14.8. The van der Waals surface area contributed by atoms with E-state index < -0.39 is 31.1 Å². The third-order valence-electron chi connectivity index (χ3n) is 2.03. The Morgan fingerprint density at radius 1 is 1.05 bits per heavy atom. The van der Waals surface area contributed by atoms with Crippen molar-refractivity contribution in [3.05, 3.63) is 29.3 Å². The molecule has 0 aliphatic heterocycles. The van der Waals surface area contributed by atoms with Crippen molar-refractivity contribution >= 4 is 35.3 Å². The minimum absolute atomic E-state index is 0.384. The summed E-state index contributed by atoms with van der Waals surface area (Å²) in [7, 11) is 0. The molecule has 0 fully saturated rings. The predicted molar refractivity (Wildman–Crippen MR) is 67.3 cm³/mol. The number of carboxylic acids is 2. The second-order valence-corrected chi connectivity index (χ2v) is 4.02. The first-order valence-electron chi connectivity index (χ1n) is 5.13. The predicted octanol–water partition coefficient (Wildman–Crippen LogP) is 1.34. The Kier molecular flexibility index (Phi) is 5.13. The Balaban J connectivity index is 2.73. The van der Waals surface area contributed by atoms with Crippen LogP contribution >= 0.6 is 11.6 Å². The Labute approximate surface area is 113 Å². The van der Waals surface area contributed by atoms with Gasteiger partial charge in [-0.2, -0.15) is 0 Å². The van der Waals surface area contributed by atoms with E-state index in [0.29, 0.717) is 15.6 Å². The van der Waals surface area contributed by atoms with E-state index in [1.807, 2.05) is 0 Å². The second kappa shape index (κ2) is 6.60. The van der Waals surface area contributed by atoms with E-state index in [4.69, 9.17) is 21.8 Å². The van der Waals surface area contributed by atoms with Gasteiger partial charge in [-0.1, -0.05) is 11.6 Å². The maximum Gasteiger partial charge on any atom is 0.323 e. The molecule has 0 heterocycles. The summed E-state index contributed by atoms with van der Waals surface area (Å²) in [6, 6.07) is 5.29. The zero-order chi connectivity index (χ0) is 14.4. The van der Waals surface area contributed by atoms with Gasteiger partial charge in [0.25, 0.3) is 0 Å². The molecule has 0 aromatic heterocycles. The number of carbonyl (C=O) groups is 3. The molecule has 0 aliphatic carbocycles. The number of halogens is 1. The smallest absolute Gasteiger partial charge is 0.323 e. The molecule has 1 rings (SSSR count). The van der Waals surface area contributed by atoms with Gasteiger partial charge in [0.05, 0.1) is 0 Å². The topological polar surface area (TPSA) is 107 Å². The number of nitrogens with one attached hydrogen (secondary N) is 1. The summed E-state index contributed by atoms with van der Waals surface area (Å²) < 4.78 is 0. The summed E-state index contributed by atoms with van der Waals surface area (Å²) in [5.74, 6) is -2.60. The second-order valence-electron chi connectivity index (χ2n) is 3.58. The Morgan fingerprint density at radius 3 is 1.95 bits per heavy atom. The molecule has 0 atom stereocenters. The molecule has 19 heavy (non-hydrogen) atoms. The van der Waals surface area contributed by atoms with Gasteiger partial charge in [-0.15, -0.1) is 0 Å². The van der Waals surface area contributed by atoms with E-state index in [1.165, 1.54) is 24.3 Å². The molecule has 1 aromatic rings. The first-order chi connectivity index (χ1) is 8.88. The van der Waals surface area contributed by atoms with Gasteiger partial charge in [0.15, 0.2) is 0 Å². The molecular formula is C11H11ClN2O5. The molecule has 0 saturated carbocycles. The van der Waals surface area contributed by atoms with E-state index in [2.05, 4.69) is 5.32 Å². The zero-order valence-corrected chi connectivity index (χ0v) is 10.4. The van der Waals surface area contributed by atoms with Gasteiger partial charge in [0, 0.05) is 10.7 Å². The Bertz CT molecular complexity index is 472. The van der Waals surface area contributed by atoms with Gasteiger partial charge in [-0.05, 0) is 24.3 Å². The number of amides is 2. The van der Waals surface area contributed by atoms with Crippen molar-refractivity contribution in [3.8, 4) is 0 Å². The number of rotatable bonds is 5. The Hall–Kier alpha value is -2.28. The lowest BCUT2D eigenvalue weighted by Gasteiger charge is -2.19. The van der Waals surface area contributed by atoms with Gasteiger partial charge in [0.1, 0.15) is 13.1 Å². The molecule has 0 aliphatic rings. The van der Waals surface area contributed by atoms with Crippen LogP contribution in [0.1, 0.15) is 0 Å². The number of hydrogen-bond donors (Lipinski definition) is 3. The number of aliphatic carboxylic acids is 2. The van der Waals surface area contributed by atoms with Crippen LogP contribution in [0.3, 0.4) is 0 Å². The quantitative estimate of drug-likeness (QED) is 0.757. The van der Waals surface area contributed by atoms with Gasteiger partial charge < -0.3 is 20.4 Å². The molecule has 102 valence electrons. The summed E-state index contributed by atoms with van der Waals surface area (Å²) in [6.45, 7) is -1.41. The van der Waals surface area contributed by atoms with Crippen LogP contribution in [0.2, 0.25) is 5.02 Å². The number of benzene rings is 1. The van der Waals surface area contributed by atoms with Crippen LogP contribution in [0.5, 0.6) is 0 Å².